The van der Waals surface area contributed by atoms with Gasteiger partial charge in [0, 0.05) is 17.0 Å². The first-order chi connectivity index (χ1) is 16.9. The molecular formula is C27H27N3O3S2. The van der Waals surface area contributed by atoms with Gasteiger partial charge in [-0.15, -0.1) is 22.7 Å². The molecule has 0 unspecified atom stereocenters. The van der Waals surface area contributed by atoms with Gasteiger partial charge in [-0.25, -0.2) is 9.78 Å². The van der Waals surface area contributed by atoms with E-state index in [1.54, 1.807) is 16.2 Å². The van der Waals surface area contributed by atoms with Gasteiger partial charge in [0.25, 0.3) is 0 Å². The number of hydrogen-bond donors (Lipinski definition) is 1. The first kappa shape index (κ1) is 23.5. The summed E-state index contributed by atoms with van der Waals surface area (Å²) in [6.45, 7) is 7.31. The first-order valence-electron chi connectivity index (χ1n) is 11.7. The predicted molar refractivity (Wildman–Crippen MR) is 142 cm³/mol. The van der Waals surface area contributed by atoms with Crippen LogP contribution in [0.1, 0.15) is 34.1 Å². The zero-order valence-electron chi connectivity index (χ0n) is 20.0. The number of aromatic nitrogens is 1. The fourth-order valence-corrected chi connectivity index (χ4v) is 6.85. The molecule has 5 rings (SSSR count). The monoisotopic (exact) mass is 505 g/mol. The van der Waals surface area contributed by atoms with Gasteiger partial charge in [-0.05, 0) is 56.0 Å². The lowest BCUT2D eigenvalue weighted by atomic mass is 10.0. The Morgan fingerprint density at radius 1 is 1.14 bits per heavy atom. The van der Waals surface area contributed by atoms with Crippen LogP contribution in [-0.2, 0) is 28.9 Å². The second kappa shape index (κ2) is 9.79. The topological polar surface area (TPSA) is 71.5 Å². The van der Waals surface area contributed by atoms with Crippen molar-refractivity contribution in [2.45, 2.75) is 40.2 Å². The summed E-state index contributed by atoms with van der Waals surface area (Å²) in [4.78, 5) is 33.2. The molecule has 35 heavy (non-hydrogen) atoms. The Balaban J connectivity index is 1.49. The molecule has 1 aliphatic heterocycles. The van der Waals surface area contributed by atoms with Crippen LogP contribution in [0, 0.1) is 13.8 Å². The van der Waals surface area contributed by atoms with Crippen LogP contribution >= 0.6 is 22.7 Å². The van der Waals surface area contributed by atoms with Crippen LogP contribution in [0.15, 0.2) is 42.5 Å². The second-order valence-electron chi connectivity index (χ2n) is 8.72. The number of nitrogens with zero attached hydrogens (tertiary/aromatic N) is 2. The number of nitrogens with one attached hydrogen (secondary N) is 1. The Morgan fingerprint density at radius 3 is 2.74 bits per heavy atom. The highest BCUT2D eigenvalue weighted by Gasteiger charge is 2.30. The van der Waals surface area contributed by atoms with Crippen molar-refractivity contribution in [3.8, 4) is 10.6 Å². The summed E-state index contributed by atoms with van der Waals surface area (Å²) < 4.78 is 6.33. The second-order valence-corrected chi connectivity index (χ2v) is 10.9. The van der Waals surface area contributed by atoms with E-state index in [1.165, 1.54) is 16.9 Å². The van der Waals surface area contributed by atoms with Crippen molar-refractivity contribution in [3.05, 3.63) is 69.6 Å². The van der Waals surface area contributed by atoms with Gasteiger partial charge in [0.2, 0.25) is 5.91 Å². The van der Waals surface area contributed by atoms with Gasteiger partial charge >= 0.3 is 6.09 Å². The van der Waals surface area contributed by atoms with Gasteiger partial charge in [-0.1, -0.05) is 35.9 Å². The van der Waals surface area contributed by atoms with Crippen LogP contribution in [0.5, 0.6) is 0 Å². The summed E-state index contributed by atoms with van der Waals surface area (Å²) in [5.74, 6) is -0.0554. The number of amides is 2. The number of thiazole rings is 1. The number of thiophene rings is 1. The molecule has 180 valence electrons. The van der Waals surface area contributed by atoms with Gasteiger partial charge in [-0.3, -0.25) is 4.79 Å². The van der Waals surface area contributed by atoms with E-state index in [-0.39, 0.29) is 12.0 Å². The lowest BCUT2D eigenvalue weighted by molar-refractivity contribution is -0.115. The third-order valence-electron chi connectivity index (χ3n) is 6.19. The lowest BCUT2D eigenvalue weighted by Gasteiger charge is -2.26. The largest absolute Gasteiger partial charge is 0.450 e. The molecule has 2 aromatic heterocycles. The maximum atomic E-state index is 13.1. The first-order valence-corrected chi connectivity index (χ1v) is 13.3. The normalized spacial score (nSPS) is 13.1. The molecule has 0 spiro atoms. The highest BCUT2D eigenvalue weighted by molar-refractivity contribution is 7.22. The van der Waals surface area contributed by atoms with E-state index in [1.807, 2.05) is 44.2 Å². The molecule has 4 aromatic rings. The quantitative estimate of drug-likeness (QED) is 0.344. The van der Waals surface area contributed by atoms with Crippen LogP contribution in [-0.4, -0.2) is 35.0 Å². The molecule has 8 heteroatoms. The Kier molecular flexibility index (Phi) is 6.58. The number of carbonyl (C=O) groups excluding carboxylic acids is 2. The highest BCUT2D eigenvalue weighted by Crippen LogP contribution is 2.45. The van der Waals surface area contributed by atoms with Gasteiger partial charge in [0.15, 0.2) is 0 Å². The third kappa shape index (κ3) is 4.81. The van der Waals surface area contributed by atoms with E-state index >= 15 is 0 Å². The predicted octanol–water partition coefficient (Wildman–Crippen LogP) is 6.34. The minimum Gasteiger partial charge on any atom is -0.450 e. The number of anilines is 1. The van der Waals surface area contributed by atoms with Crippen molar-refractivity contribution in [2.24, 2.45) is 0 Å². The van der Waals surface area contributed by atoms with Crippen LogP contribution in [0.4, 0.5) is 9.80 Å². The molecule has 2 aromatic carbocycles. The minimum atomic E-state index is -0.298. The van der Waals surface area contributed by atoms with E-state index in [0.717, 1.165) is 47.4 Å². The van der Waals surface area contributed by atoms with Crippen molar-refractivity contribution in [1.29, 1.82) is 0 Å². The third-order valence-corrected chi connectivity index (χ3v) is 8.38. The summed E-state index contributed by atoms with van der Waals surface area (Å²) >= 11 is 3.17. The summed E-state index contributed by atoms with van der Waals surface area (Å²) in [5, 5.41) is 4.88. The van der Waals surface area contributed by atoms with Crippen molar-refractivity contribution >= 4 is 49.9 Å². The van der Waals surface area contributed by atoms with Crippen molar-refractivity contribution < 1.29 is 14.3 Å². The number of ether oxygens (including phenoxy) is 1. The Hall–Kier alpha value is -3.23. The smallest absolute Gasteiger partial charge is 0.410 e. The van der Waals surface area contributed by atoms with Crippen molar-refractivity contribution in [1.82, 2.24) is 9.88 Å². The number of aryl methyl sites for hydroxylation is 2. The molecule has 0 atom stereocenters. The molecular weight excluding hydrogens is 478 g/mol. The summed E-state index contributed by atoms with van der Waals surface area (Å²) in [6.07, 6.45) is 0.708. The number of fused-ring (bicyclic) bond motifs is 2. The van der Waals surface area contributed by atoms with E-state index in [9.17, 15) is 9.59 Å². The molecule has 0 bridgehead atoms. The highest BCUT2D eigenvalue weighted by atomic mass is 32.1. The van der Waals surface area contributed by atoms with Gasteiger partial charge in [-0.2, -0.15) is 0 Å². The van der Waals surface area contributed by atoms with E-state index in [0.29, 0.717) is 32.5 Å². The molecule has 0 saturated heterocycles. The maximum Gasteiger partial charge on any atom is 0.410 e. The number of hydrogen-bond acceptors (Lipinski definition) is 6. The molecule has 0 saturated carbocycles. The Morgan fingerprint density at radius 2 is 1.97 bits per heavy atom. The number of para-hydroxylation sites is 1. The summed E-state index contributed by atoms with van der Waals surface area (Å²) in [6, 6.07) is 14.2. The number of carbonyl (C=O) groups is 2. The van der Waals surface area contributed by atoms with Gasteiger partial charge in [0.1, 0.15) is 10.0 Å². The Labute approximate surface area is 212 Å². The summed E-state index contributed by atoms with van der Waals surface area (Å²) in [5.41, 5.74) is 6.41. The van der Waals surface area contributed by atoms with Crippen LogP contribution < -0.4 is 5.32 Å². The van der Waals surface area contributed by atoms with E-state index in [2.05, 4.69) is 24.4 Å². The zero-order valence-corrected chi connectivity index (χ0v) is 21.6. The average molecular weight is 506 g/mol. The van der Waals surface area contributed by atoms with Crippen molar-refractivity contribution in [2.75, 3.05) is 18.5 Å². The molecule has 0 aliphatic carbocycles. The molecule has 0 fully saturated rings. The average Bonchev–Trinajstić information content (AvgIpc) is 3.41. The summed E-state index contributed by atoms with van der Waals surface area (Å²) in [7, 11) is 0. The standard InChI is InChI=1S/C27H27N3O3S2/c1-4-33-27(32)30-12-11-19-22(15-30)35-26(24(19)25-28-20-7-5-6-8-21(20)34-25)29-23(31)14-18-10-9-16(2)13-17(18)3/h5-10,13H,4,11-12,14-15H2,1-3H3,(H,29,31). The number of benzene rings is 2. The molecule has 3 heterocycles. The minimum absolute atomic E-state index is 0.0554. The molecule has 1 N–H and O–H groups in total. The van der Waals surface area contributed by atoms with E-state index in [4.69, 9.17) is 9.72 Å². The van der Waals surface area contributed by atoms with Crippen LogP contribution in [0.25, 0.3) is 20.8 Å². The maximum absolute atomic E-state index is 13.1. The van der Waals surface area contributed by atoms with Gasteiger partial charge < -0.3 is 15.0 Å². The SMILES string of the molecule is CCOC(=O)N1CCc2c(sc(NC(=O)Cc3ccc(C)cc3C)c2-c2nc3ccccc3s2)C1. The van der Waals surface area contributed by atoms with Crippen LogP contribution in [0.3, 0.4) is 0 Å². The Bertz CT molecular complexity index is 1390. The number of rotatable bonds is 5. The van der Waals surface area contributed by atoms with Crippen molar-refractivity contribution in [3.63, 3.8) is 0 Å². The fourth-order valence-electron chi connectivity index (χ4n) is 4.46. The molecule has 2 amide bonds. The molecule has 1 aliphatic rings. The van der Waals surface area contributed by atoms with Gasteiger partial charge in [0.05, 0.1) is 29.8 Å². The fraction of sp³-hybridized carbons (Fsp3) is 0.296. The molecule has 6 nitrogen and oxygen atoms in total. The van der Waals surface area contributed by atoms with E-state index < -0.39 is 0 Å². The lowest BCUT2D eigenvalue weighted by Crippen LogP contribution is -2.35. The van der Waals surface area contributed by atoms with Crippen LogP contribution in [0.2, 0.25) is 0 Å². The zero-order chi connectivity index (χ0) is 24.5. The molecule has 0 radical (unpaired) electrons.